The maximum Gasteiger partial charge on any atom is 0.274 e. The summed E-state index contributed by atoms with van der Waals surface area (Å²) in [4.78, 5) is 21.5. The molecule has 1 fully saturated rings. The van der Waals surface area contributed by atoms with E-state index in [1.54, 1.807) is 0 Å². The van der Waals surface area contributed by atoms with E-state index in [0.29, 0.717) is 25.3 Å². The van der Waals surface area contributed by atoms with E-state index in [9.17, 15) is 4.79 Å². The predicted molar refractivity (Wildman–Crippen MR) is 88.5 cm³/mol. The summed E-state index contributed by atoms with van der Waals surface area (Å²) >= 11 is 0. The van der Waals surface area contributed by atoms with Crippen molar-refractivity contribution < 1.29 is 9.53 Å². The van der Waals surface area contributed by atoms with Crippen LogP contribution in [0.25, 0.3) is 5.65 Å². The first kappa shape index (κ1) is 16.0. The Morgan fingerprint density at radius 1 is 1.30 bits per heavy atom. The van der Waals surface area contributed by atoms with Crippen LogP contribution in [-0.4, -0.2) is 64.5 Å². The topological polar surface area (TPSA) is 50.1 Å². The first-order valence-corrected chi connectivity index (χ1v) is 8.01. The number of imidazole rings is 1. The molecule has 2 aromatic heterocycles. The predicted octanol–water partition coefficient (Wildman–Crippen LogP) is 1.65. The number of ether oxygens (including phenoxy) is 1. The number of carbonyl (C=O) groups excluding carboxylic acids is 1. The van der Waals surface area contributed by atoms with E-state index in [2.05, 4.69) is 9.88 Å². The number of rotatable bonds is 3. The number of fused-ring (bicyclic) bond motifs is 1. The van der Waals surface area contributed by atoms with Gasteiger partial charge in [-0.2, -0.15) is 0 Å². The molecule has 0 radical (unpaired) electrons. The summed E-state index contributed by atoms with van der Waals surface area (Å²) in [6.45, 7) is 5.89. The maximum atomic E-state index is 13.0. The summed E-state index contributed by atoms with van der Waals surface area (Å²) in [5, 5.41) is 0. The van der Waals surface area contributed by atoms with Crippen LogP contribution in [-0.2, 0) is 11.3 Å². The average molecular weight is 316 g/mol. The van der Waals surface area contributed by atoms with Gasteiger partial charge in [-0.15, -0.1) is 0 Å². The monoisotopic (exact) mass is 316 g/mol. The minimum absolute atomic E-state index is 0.00690. The second-order valence-electron chi connectivity index (χ2n) is 6.54. The van der Waals surface area contributed by atoms with E-state index in [4.69, 9.17) is 4.74 Å². The highest BCUT2D eigenvalue weighted by Gasteiger charge is 2.30. The van der Waals surface area contributed by atoms with Gasteiger partial charge in [0.15, 0.2) is 5.69 Å². The molecule has 3 heterocycles. The van der Waals surface area contributed by atoms with Crippen molar-refractivity contribution in [2.75, 3.05) is 27.2 Å². The molecule has 2 aromatic rings. The van der Waals surface area contributed by atoms with Gasteiger partial charge in [0, 0.05) is 25.8 Å². The molecule has 0 spiro atoms. The van der Waals surface area contributed by atoms with Crippen molar-refractivity contribution >= 4 is 11.6 Å². The molecule has 1 amide bonds. The largest absolute Gasteiger partial charge is 0.372 e. The zero-order valence-electron chi connectivity index (χ0n) is 14.2. The minimum Gasteiger partial charge on any atom is -0.372 e. The lowest BCUT2D eigenvalue weighted by Crippen LogP contribution is -2.48. The fourth-order valence-electron chi connectivity index (χ4n) is 3.16. The smallest absolute Gasteiger partial charge is 0.274 e. The van der Waals surface area contributed by atoms with Crippen LogP contribution in [0.15, 0.2) is 24.4 Å². The number of carbonyl (C=O) groups is 1. The number of pyridine rings is 1. The van der Waals surface area contributed by atoms with E-state index in [0.717, 1.165) is 11.3 Å². The van der Waals surface area contributed by atoms with Crippen molar-refractivity contribution in [3.8, 4) is 0 Å². The lowest BCUT2D eigenvalue weighted by molar-refractivity contribution is -0.0587. The summed E-state index contributed by atoms with van der Waals surface area (Å²) in [6.07, 6.45) is 2.07. The highest BCUT2D eigenvalue weighted by molar-refractivity contribution is 5.94. The normalized spacial score (nSPS) is 22.0. The van der Waals surface area contributed by atoms with E-state index in [1.807, 2.05) is 61.6 Å². The van der Waals surface area contributed by atoms with Crippen LogP contribution in [0, 0.1) is 0 Å². The van der Waals surface area contributed by atoms with Crippen LogP contribution in [0.5, 0.6) is 0 Å². The van der Waals surface area contributed by atoms with Crippen LogP contribution in [0.4, 0.5) is 0 Å². The molecule has 6 heteroatoms. The third-order valence-electron chi connectivity index (χ3n) is 4.00. The average Bonchev–Trinajstić information content (AvgIpc) is 2.84. The van der Waals surface area contributed by atoms with Gasteiger partial charge >= 0.3 is 0 Å². The van der Waals surface area contributed by atoms with E-state index in [-0.39, 0.29) is 18.1 Å². The second kappa shape index (κ2) is 6.29. The van der Waals surface area contributed by atoms with E-state index < -0.39 is 0 Å². The first-order chi connectivity index (χ1) is 11.0. The van der Waals surface area contributed by atoms with Crippen molar-refractivity contribution in [2.24, 2.45) is 0 Å². The lowest BCUT2D eigenvalue weighted by atomic mass is 10.2. The quantitative estimate of drug-likeness (QED) is 0.864. The van der Waals surface area contributed by atoms with Crippen LogP contribution < -0.4 is 0 Å². The second-order valence-corrected chi connectivity index (χ2v) is 6.54. The molecule has 1 saturated heterocycles. The molecule has 1 aliphatic rings. The Hall–Kier alpha value is -1.92. The number of aromatic nitrogens is 2. The van der Waals surface area contributed by atoms with Crippen LogP contribution in [0.3, 0.4) is 0 Å². The fourth-order valence-corrected chi connectivity index (χ4v) is 3.16. The van der Waals surface area contributed by atoms with Gasteiger partial charge in [0.25, 0.3) is 5.91 Å². The molecule has 0 saturated carbocycles. The highest BCUT2D eigenvalue weighted by atomic mass is 16.5. The molecule has 0 aromatic carbocycles. The molecule has 2 atom stereocenters. The van der Waals surface area contributed by atoms with E-state index in [1.165, 1.54) is 0 Å². The summed E-state index contributed by atoms with van der Waals surface area (Å²) in [6, 6.07) is 5.83. The van der Waals surface area contributed by atoms with Gasteiger partial charge in [-0.05, 0) is 40.1 Å². The molecule has 0 bridgehead atoms. The molecule has 0 aliphatic carbocycles. The Kier molecular flexibility index (Phi) is 4.37. The lowest BCUT2D eigenvalue weighted by Gasteiger charge is -2.35. The molecular weight excluding hydrogens is 292 g/mol. The molecular formula is C17H24N4O2. The Bertz CT molecular complexity index is 700. The van der Waals surface area contributed by atoms with Crippen molar-refractivity contribution in [1.82, 2.24) is 19.2 Å². The zero-order chi connectivity index (χ0) is 16.6. The van der Waals surface area contributed by atoms with Crippen molar-refractivity contribution in [2.45, 2.75) is 32.6 Å². The molecule has 2 unspecified atom stereocenters. The Morgan fingerprint density at radius 3 is 2.65 bits per heavy atom. The fraction of sp³-hybridized carbons (Fsp3) is 0.529. The first-order valence-electron chi connectivity index (χ1n) is 8.01. The number of amides is 1. The Labute approximate surface area is 136 Å². The van der Waals surface area contributed by atoms with Gasteiger partial charge in [-0.25, -0.2) is 4.98 Å². The van der Waals surface area contributed by atoms with Gasteiger partial charge in [-0.1, -0.05) is 6.07 Å². The highest BCUT2D eigenvalue weighted by Crippen LogP contribution is 2.19. The van der Waals surface area contributed by atoms with Gasteiger partial charge in [0.2, 0.25) is 0 Å². The SMILES string of the molecule is CC1CN(C(=O)c2nc3ccccn3c2CN(C)C)CC(C)O1. The van der Waals surface area contributed by atoms with Crippen molar-refractivity contribution in [3.63, 3.8) is 0 Å². The van der Waals surface area contributed by atoms with Crippen molar-refractivity contribution in [1.29, 1.82) is 0 Å². The third-order valence-corrected chi connectivity index (χ3v) is 4.00. The van der Waals surface area contributed by atoms with Gasteiger partial charge < -0.3 is 18.9 Å². The summed E-state index contributed by atoms with van der Waals surface area (Å²) < 4.78 is 7.73. The van der Waals surface area contributed by atoms with Gasteiger partial charge in [0.1, 0.15) is 5.65 Å². The minimum atomic E-state index is -0.00690. The summed E-state index contributed by atoms with van der Waals surface area (Å²) in [5.41, 5.74) is 2.29. The van der Waals surface area contributed by atoms with Gasteiger partial charge in [0.05, 0.1) is 17.9 Å². The Balaban J connectivity index is 1.99. The number of hydrogen-bond acceptors (Lipinski definition) is 4. The van der Waals surface area contributed by atoms with Crippen LogP contribution >= 0.6 is 0 Å². The maximum absolute atomic E-state index is 13.0. The van der Waals surface area contributed by atoms with Crippen molar-refractivity contribution in [3.05, 3.63) is 35.8 Å². The molecule has 124 valence electrons. The zero-order valence-corrected chi connectivity index (χ0v) is 14.2. The molecule has 3 rings (SSSR count). The molecule has 23 heavy (non-hydrogen) atoms. The van der Waals surface area contributed by atoms with Gasteiger partial charge in [-0.3, -0.25) is 4.79 Å². The Morgan fingerprint density at radius 2 is 2.00 bits per heavy atom. The number of nitrogens with zero attached hydrogens (tertiary/aromatic N) is 4. The molecule has 1 aliphatic heterocycles. The summed E-state index contributed by atoms with van der Waals surface area (Å²) in [5.74, 6) is -0.00690. The molecule has 0 N–H and O–H groups in total. The summed E-state index contributed by atoms with van der Waals surface area (Å²) in [7, 11) is 3.99. The number of morpholine rings is 1. The third kappa shape index (κ3) is 3.23. The molecule has 6 nitrogen and oxygen atoms in total. The standard InChI is InChI=1S/C17H24N4O2/c1-12-9-20(10-13(2)23-12)17(22)16-14(11-19(3)4)21-8-6-5-7-15(21)18-16/h5-8,12-13H,9-11H2,1-4H3. The van der Waals surface area contributed by atoms with Crippen LogP contribution in [0.2, 0.25) is 0 Å². The van der Waals surface area contributed by atoms with Crippen LogP contribution in [0.1, 0.15) is 30.0 Å². The number of hydrogen-bond donors (Lipinski definition) is 0. The van der Waals surface area contributed by atoms with E-state index >= 15 is 0 Å².